The fourth-order valence-corrected chi connectivity index (χ4v) is 5.88. The maximum absolute atomic E-state index is 13.4. The van der Waals surface area contributed by atoms with Gasteiger partial charge in [0.05, 0.1) is 6.54 Å². The summed E-state index contributed by atoms with van der Waals surface area (Å²) in [6, 6.07) is -2.52. The van der Waals surface area contributed by atoms with Crippen molar-refractivity contribution in [1.29, 1.82) is 0 Å². The Hall–Kier alpha value is -2.69. The van der Waals surface area contributed by atoms with Gasteiger partial charge in [-0.1, -0.05) is 131 Å². The third kappa shape index (κ3) is 25.0. The maximum Gasteiger partial charge on any atom is 0.243 e. The molecule has 0 heterocycles. The van der Waals surface area contributed by atoms with Crippen LogP contribution < -0.4 is 32.7 Å². The third-order valence-electron chi connectivity index (χ3n) is 9.21. The molecule has 0 rings (SSSR count). The number of hydrogen-bond donors (Lipinski definition) is 6. The van der Waals surface area contributed by atoms with E-state index in [0.717, 1.165) is 19.3 Å². The molecule has 0 aromatic heterocycles. The molecule has 0 bridgehead atoms. The number of nitrogens with two attached hydrogens (primary N) is 2. The van der Waals surface area contributed by atoms with E-state index in [4.69, 9.17) is 11.5 Å². The van der Waals surface area contributed by atoms with Gasteiger partial charge in [0.2, 0.25) is 29.5 Å². The zero-order chi connectivity index (χ0) is 36.9. The molecule has 8 N–H and O–H groups in total. The predicted molar refractivity (Wildman–Crippen MR) is 199 cm³/mol. The van der Waals surface area contributed by atoms with Crippen LogP contribution in [0.2, 0.25) is 0 Å². The van der Waals surface area contributed by atoms with E-state index in [1.807, 2.05) is 27.7 Å². The molecule has 0 saturated carbocycles. The Morgan fingerprint density at radius 1 is 0.592 bits per heavy atom. The van der Waals surface area contributed by atoms with E-state index in [0.29, 0.717) is 45.1 Å². The van der Waals surface area contributed by atoms with Crippen LogP contribution in [0.1, 0.15) is 169 Å². The largest absolute Gasteiger partial charge is 0.368 e. The topological polar surface area (TPSA) is 186 Å². The number of rotatable bonds is 32. The summed E-state index contributed by atoms with van der Waals surface area (Å²) < 4.78 is 0. The second-order valence-corrected chi connectivity index (χ2v) is 14.3. The van der Waals surface area contributed by atoms with E-state index in [1.165, 1.54) is 77.0 Å². The molecule has 0 unspecified atom stereocenters. The van der Waals surface area contributed by atoms with Gasteiger partial charge in [-0.05, 0) is 50.5 Å². The molecular weight excluding hydrogens is 620 g/mol. The monoisotopic (exact) mass is 695 g/mol. The summed E-state index contributed by atoms with van der Waals surface area (Å²) in [7, 11) is 0. The minimum absolute atomic E-state index is 0.143. The number of amides is 5. The third-order valence-corrected chi connectivity index (χ3v) is 9.21. The van der Waals surface area contributed by atoms with Gasteiger partial charge in [-0.2, -0.15) is 0 Å². The Balaban J connectivity index is 4.67. The van der Waals surface area contributed by atoms with Crippen molar-refractivity contribution in [2.75, 3.05) is 13.1 Å². The summed E-state index contributed by atoms with van der Waals surface area (Å²) in [6.45, 7) is 10.1. The molecule has 0 aliphatic heterocycles. The molecule has 49 heavy (non-hydrogen) atoms. The van der Waals surface area contributed by atoms with Gasteiger partial charge in [0, 0.05) is 6.42 Å². The minimum Gasteiger partial charge on any atom is -0.368 e. The first-order valence-corrected chi connectivity index (χ1v) is 19.6. The number of carbonyl (C=O) groups is 5. The molecule has 0 aliphatic rings. The van der Waals surface area contributed by atoms with Crippen molar-refractivity contribution in [1.82, 2.24) is 21.3 Å². The van der Waals surface area contributed by atoms with E-state index in [9.17, 15) is 24.0 Å². The highest BCUT2D eigenvalue weighted by atomic mass is 16.2. The van der Waals surface area contributed by atoms with Crippen LogP contribution in [0.25, 0.3) is 0 Å². The zero-order valence-corrected chi connectivity index (χ0v) is 31.8. The Kier molecular flexibility index (Phi) is 28.5. The van der Waals surface area contributed by atoms with Crippen molar-refractivity contribution < 1.29 is 24.0 Å². The molecular formula is C38H74N6O5. The number of hydrogen-bond acceptors (Lipinski definition) is 6. The van der Waals surface area contributed by atoms with Gasteiger partial charge >= 0.3 is 0 Å². The van der Waals surface area contributed by atoms with Crippen molar-refractivity contribution in [3.8, 4) is 0 Å². The van der Waals surface area contributed by atoms with Gasteiger partial charge in [0.1, 0.15) is 18.1 Å². The van der Waals surface area contributed by atoms with Crippen LogP contribution in [0.3, 0.4) is 0 Å². The van der Waals surface area contributed by atoms with Crippen molar-refractivity contribution >= 4 is 29.5 Å². The summed E-state index contributed by atoms with van der Waals surface area (Å²) in [5.41, 5.74) is 10.9. The van der Waals surface area contributed by atoms with Crippen LogP contribution in [0.15, 0.2) is 0 Å². The average molecular weight is 695 g/mol. The summed E-state index contributed by atoms with van der Waals surface area (Å²) in [5.74, 6) is -2.38. The van der Waals surface area contributed by atoms with E-state index in [1.54, 1.807) is 0 Å². The fourth-order valence-electron chi connectivity index (χ4n) is 5.88. The summed E-state index contributed by atoms with van der Waals surface area (Å²) in [5, 5.41) is 10.9. The smallest absolute Gasteiger partial charge is 0.243 e. The fraction of sp³-hybridized carbons (Fsp3) is 0.868. The number of nitrogens with one attached hydrogen (secondary N) is 4. The van der Waals surface area contributed by atoms with Gasteiger partial charge in [0.15, 0.2) is 0 Å². The molecule has 0 radical (unpaired) electrons. The number of unbranched alkanes of at least 4 members (excludes halogenated alkanes) is 15. The molecule has 286 valence electrons. The molecule has 0 aromatic rings. The molecule has 0 aliphatic carbocycles. The first kappa shape index (κ1) is 46.3. The van der Waals surface area contributed by atoms with Crippen molar-refractivity contribution in [2.45, 2.75) is 188 Å². The molecule has 0 fully saturated rings. The molecule has 4 atom stereocenters. The van der Waals surface area contributed by atoms with Crippen LogP contribution in [0.5, 0.6) is 0 Å². The lowest BCUT2D eigenvalue weighted by molar-refractivity contribution is -0.134. The lowest BCUT2D eigenvalue weighted by Crippen LogP contribution is -2.57. The highest BCUT2D eigenvalue weighted by Gasteiger charge is 2.30. The molecule has 5 amide bonds. The average Bonchev–Trinajstić information content (AvgIpc) is 3.06. The quantitative estimate of drug-likeness (QED) is 0.0503. The van der Waals surface area contributed by atoms with Gasteiger partial charge in [-0.3, -0.25) is 24.0 Å². The normalized spacial score (nSPS) is 13.7. The van der Waals surface area contributed by atoms with Crippen LogP contribution >= 0.6 is 0 Å². The van der Waals surface area contributed by atoms with Gasteiger partial charge < -0.3 is 32.7 Å². The molecule has 11 heteroatoms. The van der Waals surface area contributed by atoms with Crippen LogP contribution in [0.4, 0.5) is 0 Å². The standard InChI is InChI=1S/C38H74N6O5/c1-6-8-9-10-11-12-13-14-15-16-17-18-19-20-21-25-33(45)43-32(27-29(3)4)37(48)44-35(30(5)7-2)38(49)41-28-34(46)42-31(36(40)47)24-22-23-26-39/h29-32,35H,6-28,39H2,1-5H3,(H2,40,47)(H,41,49)(H,42,46)(H,43,45)(H,44,48)/t30-,31-,32-,35-/m0/s1. The van der Waals surface area contributed by atoms with Crippen molar-refractivity contribution in [3.05, 3.63) is 0 Å². The maximum atomic E-state index is 13.4. The summed E-state index contributed by atoms with van der Waals surface area (Å²) >= 11 is 0. The predicted octanol–water partition coefficient (Wildman–Crippen LogP) is 5.53. The Morgan fingerprint density at radius 3 is 1.57 bits per heavy atom. The van der Waals surface area contributed by atoms with Gasteiger partial charge in [-0.15, -0.1) is 0 Å². The van der Waals surface area contributed by atoms with Crippen LogP contribution in [-0.4, -0.2) is 60.8 Å². The zero-order valence-electron chi connectivity index (χ0n) is 31.8. The van der Waals surface area contributed by atoms with Gasteiger partial charge in [-0.25, -0.2) is 0 Å². The van der Waals surface area contributed by atoms with E-state index in [-0.39, 0.29) is 24.3 Å². The summed E-state index contributed by atoms with van der Waals surface area (Å²) in [6.07, 6.45) is 21.9. The van der Waals surface area contributed by atoms with Crippen LogP contribution in [-0.2, 0) is 24.0 Å². The highest BCUT2D eigenvalue weighted by Crippen LogP contribution is 2.15. The Labute approximate surface area is 298 Å². The lowest BCUT2D eigenvalue weighted by atomic mass is 9.96. The Morgan fingerprint density at radius 2 is 1.10 bits per heavy atom. The number of primary amides is 1. The highest BCUT2D eigenvalue weighted by molar-refractivity contribution is 5.94. The second kappa shape index (κ2) is 30.2. The second-order valence-electron chi connectivity index (χ2n) is 14.3. The minimum atomic E-state index is -0.899. The molecule has 11 nitrogen and oxygen atoms in total. The molecule has 0 spiro atoms. The Bertz CT molecular complexity index is 915. The van der Waals surface area contributed by atoms with Gasteiger partial charge in [0.25, 0.3) is 0 Å². The molecule has 0 aromatic carbocycles. The van der Waals surface area contributed by atoms with Crippen molar-refractivity contribution in [2.24, 2.45) is 23.3 Å². The van der Waals surface area contributed by atoms with E-state index in [2.05, 4.69) is 28.2 Å². The number of carbonyl (C=O) groups excluding carboxylic acids is 5. The van der Waals surface area contributed by atoms with Crippen LogP contribution in [0, 0.1) is 11.8 Å². The SMILES string of the molecule is CCCCCCCCCCCCCCCCCC(=O)N[C@@H](CC(C)C)C(=O)N[C@H](C(=O)NCC(=O)N[C@@H](CCCCN)C(N)=O)[C@@H](C)CC. The lowest BCUT2D eigenvalue weighted by Gasteiger charge is -2.27. The van der Waals surface area contributed by atoms with Crippen molar-refractivity contribution in [3.63, 3.8) is 0 Å². The summed E-state index contributed by atoms with van der Waals surface area (Å²) in [4.78, 5) is 63.6. The first-order valence-electron chi connectivity index (χ1n) is 19.6. The molecule has 0 saturated heterocycles. The van der Waals surface area contributed by atoms with E-state index >= 15 is 0 Å². The van der Waals surface area contributed by atoms with E-state index < -0.39 is 41.8 Å². The first-order chi connectivity index (χ1) is 23.5.